The molecule has 0 saturated carbocycles. The number of Topliss-reactive ketones (excluding diaryl/α,β-unsaturated/α-hetero) is 1. The Bertz CT molecular complexity index is 1760. The number of carbonyl (C=O) groups excluding carboxylic acids is 2. The molecule has 4 aromatic rings. The van der Waals surface area contributed by atoms with E-state index in [9.17, 15) is 14.7 Å². The molecule has 1 amide bonds. The maximum absolute atomic E-state index is 13.8. The number of ketones is 1. The molecular weight excluding hydrogens is 584 g/mol. The minimum absolute atomic E-state index is 0.0813. The number of nitrogens with zero attached hydrogens (tertiary/aromatic N) is 2. The molecule has 0 radical (unpaired) electrons. The number of unbranched alkanes of at least 4 members (excludes halogenated alkanes) is 2. The molecule has 6 rings (SSSR count). The first-order valence-corrected chi connectivity index (χ1v) is 15.2. The lowest BCUT2D eigenvalue weighted by Gasteiger charge is -2.24. The van der Waals surface area contributed by atoms with E-state index in [0.717, 1.165) is 24.0 Å². The van der Waals surface area contributed by atoms with Gasteiger partial charge in [0.05, 0.1) is 42.7 Å². The third-order valence-electron chi connectivity index (χ3n) is 7.56. The second-order valence-corrected chi connectivity index (χ2v) is 11.3. The van der Waals surface area contributed by atoms with Crippen LogP contribution in [0.15, 0.2) is 60.2 Å². The van der Waals surface area contributed by atoms with E-state index < -0.39 is 17.7 Å². The molecule has 3 heterocycles. The Labute approximate surface area is 258 Å². The standard InChI is InChI=1S/C33H32N2O8S/c1-4-5-6-13-41-23-11-7-19(16-25(23)40-3)29-28(30(36)20-8-12-24-26(17-20)43-15-14-42-24)31(37)32(38)35(29)33-34-22-10-9-21(39-2)18-27(22)44-33/h7-12,16-18,29,36H,4-6,13-15H2,1-3H3/b30-28-. The second kappa shape index (κ2) is 12.5. The highest BCUT2D eigenvalue weighted by molar-refractivity contribution is 7.22. The third-order valence-corrected chi connectivity index (χ3v) is 8.58. The molecule has 1 unspecified atom stereocenters. The number of fused-ring (bicyclic) bond motifs is 2. The SMILES string of the molecule is CCCCCOc1ccc(C2/C(=C(/O)c3ccc4c(c3)OCCO4)C(=O)C(=O)N2c2nc3ccc(OC)cc3s2)cc1OC. The minimum atomic E-state index is -1.01. The van der Waals surface area contributed by atoms with Gasteiger partial charge in [-0.2, -0.15) is 0 Å². The summed E-state index contributed by atoms with van der Waals surface area (Å²) in [6.45, 7) is 3.42. The predicted molar refractivity (Wildman–Crippen MR) is 166 cm³/mol. The van der Waals surface area contributed by atoms with E-state index in [4.69, 9.17) is 28.7 Å². The van der Waals surface area contributed by atoms with Crippen LogP contribution in [0.1, 0.15) is 43.4 Å². The molecule has 10 nitrogen and oxygen atoms in total. The first kappa shape index (κ1) is 29.3. The van der Waals surface area contributed by atoms with E-state index in [1.165, 1.54) is 23.3 Å². The summed E-state index contributed by atoms with van der Waals surface area (Å²) in [7, 11) is 3.11. The van der Waals surface area contributed by atoms with Gasteiger partial charge in [-0.05, 0) is 60.5 Å². The predicted octanol–water partition coefficient (Wildman–Crippen LogP) is 6.28. The van der Waals surface area contributed by atoms with Gasteiger partial charge in [-0.1, -0.05) is 37.2 Å². The number of methoxy groups -OCH3 is 2. The van der Waals surface area contributed by atoms with E-state index in [1.807, 2.05) is 6.07 Å². The Morgan fingerprint density at radius 2 is 1.80 bits per heavy atom. The number of aliphatic hydroxyl groups excluding tert-OH is 1. The highest BCUT2D eigenvalue weighted by Gasteiger charge is 2.48. The lowest BCUT2D eigenvalue weighted by atomic mass is 9.95. The van der Waals surface area contributed by atoms with Gasteiger partial charge in [-0.15, -0.1) is 0 Å². The normalized spacial score (nSPS) is 17.2. The van der Waals surface area contributed by atoms with Gasteiger partial charge < -0.3 is 28.8 Å². The first-order valence-electron chi connectivity index (χ1n) is 14.4. The molecule has 1 N–H and O–H groups in total. The Kier molecular flexibility index (Phi) is 8.30. The number of anilines is 1. The van der Waals surface area contributed by atoms with Gasteiger partial charge in [0.15, 0.2) is 28.1 Å². The summed E-state index contributed by atoms with van der Waals surface area (Å²) in [6.07, 6.45) is 3.02. The molecule has 0 aliphatic carbocycles. The number of amides is 1. The van der Waals surface area contributed by atoms with Crippen LogP contribution in [-0.2, 0) is 9.59 Å². The molecule has 11 heteroatoms. The summed E-state index contributed by atoms with van der Waals surface area (Å²) >= 11 is 1.25. The van der Waals surface area contributed by atoms with Gasteiger partial charge in [0.2, 0.25) is 0 Å². The van der Waals surface area contributed by atoms with Crippen LogP contribution in [0.5, 0.6) is 28.7 Å². The van der Waals surface area contributed by atoms with Gasteiger partial charge in [-0.25, -0.2) is 4.98 Å². The summed E-state index contributed by atoms with van der Waals surface area (Å²) in [5.41, 5.74) is 1.42. The maximum Gasteiger partial charge on any atom is 0.301 e. The molecule has 0 spiro atoms. The van der Waals surface area contributed by atoms with Gasteiger partial charge in [0.25, 0.3) is 5.78 Å². The van der Waals surface area contributed by atoms with Crippen LogP contribution >= 0.6 is 11.3 Å². The minimum Gasteiger partial charge on any atom is -0.507 e. The topological polar surface area (TPSA) is 117 Å². The number of aromatic nitrogens is 1. The molecule has 228 valence electrons. The summed E-state index contributed by atoms with van der Waals surface area (Å²) in [4.78, 5) is 33.5. The number of carbonyl (C=O) groups is 2. The molecule has 44 heavy (non-hydrogen) atoms. The van der Waals surface area contributed by atoms with Crippen LogP contribution in [0, 0.1) is 0 Å². The van der Waals surface area contributed by atoms with Crippen LogP contribution in [0.2, 0.25) is 0 Å². The zero-order chi connectivity index (χ0) is 30.8. The smallest absolute Gasteiger partial charge is 0.301 e. The van der Waals surface area contributed by atoms with Crippen LogP contribution in [-0.4, -0.2) is 55.8 Å². The first-order chi connectivity index (χ1) is 21.4. The molecule has 2 aliphatic rings. The van der Waals surface area contributed by atoms with Crippen molar-refractivity contribution in [3.05, 3.63) is 71.3 Å². The molecule has 1 atom stereocenters. The van der Waals surface area contributed by atoms with Gasteiger partial charge in [0.1, 0.15) is 24.7 Å². The van der Waals surface area contributed by atoms with Crippen molar-refractivity contribution in [1.82, 2.24) is 4.98 Å². The summed E-state index contributed by atoms with van der Waals surface area (Å²) < 4.78 is 29.1. The van der Waals surface area contributed by atoms with Gasteiger partial charge in [0, 0.05) is 5.56 Å². The van der Waals surface area contributed by atoms with Crippen molar-refractivity contribution in [3.8, 4) is 28.7 Å². The average molecular weight is 617 g/mol. The fourth-order valence-electron chi connectivity index (χ4n) is 5.32. The molecule has 0 bridgehead atoms. The fraction of sp³-hybridized carbons (Fsp3) is 0.303. The number of rotatable bonds is 10. The monoisotopic (exact) mass is 616 g/mol. The summed E-state index contributed by atoms with van der Waals surface area (Å²) in [6, 6.07) is 14.6. The van der Waals surface area contributed by atoms with Crippen molar-refractivity contribution < 1.29 is 38.4 Å². The molecule has 1 fully saturated rings. The fourth-order valence-corrected chi connectivity index (χ4v) is 6.34. The lowest BCUT2D eigenvalue weighted by molar-refractivity contribution is -0.132. The van der Waals surface area contributed by atoms with Gasteiger partial charge >= 0.3 is 5.91 Å². The van der Waals surface area contributed by atoms with Crippen molar-refractivity contribution in [2.75, 3.05) is 38.9 Å². The number of hydrogen-bond acceptors (Lipinski definition) is 10. The zero-order valence-corrected chi connectivity index (χ0v) is 25.4. The highest BCUT2D eigenvalue weighted by atomic mass is 32.1. The molecule has 3 aromatic carbocycles. The quantitative estimate of drug-likeness (QED) is 0.0951. The number of benzene rings is 3. The Morgan fingerprint density at radius 1 is 0.977 bits per heavy atom. The van der Waals surface area contributed by atoms with Crippen molar-refractivity contribution in [2.45, 2.75) is 32.2 Å². The Morgan fingerprint density at radius 3 is 2.57 bits per heavy atom. The van der Waals surface area contributed by atoms with Crippen molar-refractivity contribution in [3.63, 3.8) is 0 Å². The summed E-state index contributed by atoms with van der Waals surface area (Å²) in [5.74, 6) is 0.628. The number of aliphatic hydroxyl groups is 1. The number of thiazole rings is 1. The van der Waals surface area contributed by atoms with Crippen molar-refractivity contribution in [1.29, 1.82) is 0 Å². The average Bonchev–Trinajstić information content (AvgIpc) is 3.59. The van der Waals surface area contributed by atoms with Crippen LogP contribution in [0.4, 0.5) is 5.13 Å². The van der Waals surface area contributed by atoms with E-state index in [2.05, 4.69) is 6.92 Å². The van der Waals surface area contributed by atoms with Gasteiger partial charge in [-0.3, -0.25) is 14.5 Å². The maximum atomic E-state index is 13.8. The second-order valence-electron chi connectivity index (χ2n) is 10.3. The molecule has 1 saturated heterocycles. The van der Waals surface area contributed by atoms with Crippen LogP contribution in [0.3, 0.4) is 0 Å². The van der Waals surface area contributed by atoms with E-state index in [0.29, 0.717) is 70.3 Å². The zero-order valence-electron chi connectivity index (χ0n) is 24.6. The van der Waals surface area contributed by atoms with E-state index >= 15 is 0 Å². The highest BCUT2D eigenvalue weighted by Crippen LogP contribution is 2.46. The van der Waals surface area contributed by atoms with Crippen LogP contribution < -0.4 is 28.6 Å². The largest absolute Gasteiger partial charge is 0.507 e. The lowest BCUT2D eigenvalue weighted by Crippen LogP contribution is -2.29. The Hall–Kier alpha value is -4.77. The van der Waals surface area contributed by atoms with Crippen molar-refractivity contribution in [2.24, 2.45) is 0 Å². The van der Waals surface area contributed by atoms with E-state index in [1.54, 1.807) is 55.6 Å². The van der Waals surface area contributed by atoms with E-state index in [-0.39, 0.29) is 11.3 Å². The number of ether oxygens (including phenoxy) is 5. The molecule has 1 aromatic heterocycles. The molecular formula is C33H32N2O8S. The number of hydrogen-bond donors (Lipinski definition) is 1. The summed E-state index contributed by atoms with van der Waals surface area (Å²) in [5, 5.41) is 12.0. The Balaban J connectivity index is 1.48. The van der Waals surface area contributed by atoms with Crippen LogP contribution in [0.25, 0.3) is 16.0 Å². The van der Waals surface area contributed by atoms with Crippen molar-refractivity contribution >= 4 is 44.1 Å². The molecule has 2 aliphatic heterocycles. The third kappa shape index (κ3) is 5.39.